The lowest BCUT2D eigenvalue weighted by molar-refractivity contribution is -0.138. The van der Waals surface area contributed by atoms with E-state index in [1.165, 1.54) is 4.90 Å². The predicted octanol–water partition coefficient (Wildman–Crippen LogP) is 2.54. The van der Waals surface area contributed by atoms with Crippen molar-refractivity contribution in [2.75, 3.05) is 6.54 Å². The van der Waals surface area contributed by atoms with Gasteiger partial charge >= 0.3 is 12.0 Å². The molecule has 1 atom stereocenters. The van der Waals surface area contributed by atoms with Crippen molar-refractivity contribution >= 4 is 12.0 Å². The SMILES string of the molecule is Cc1ccc(C(C)NC(=O)N(CC(=O)O)C(C)(C)C)o1. The molecule has 0 bridgehead atoms. The van der Waals surface area contributed by atoms with Crippen LogP contribution in [0.2, 0.25) is 0 Å². The fraction of sp³-hybridized carbons (Fsp3) is 0.571. The number of amides is 2. The number of carboxylic acid groups (broad SMARTS) is 1. The summed E-state index contributed by atoms with van der Waals surface area (Å²) >= 11 is 0. The zero-order valence-electron chi connectivity index (χ0n) is 12.6. The number of carbonyl (C=O) groups is 2. The smallest absolute Gasteiger partial charge is 0.323 e. The number of carboxylic acids is 1. The van der Waals surface area contributed by atoms with Crippen LogP contribution in [0.25, 0.3) is 0 Å². The van der Waals surface area contributed by atoms with Crippen LogP contribution in [0.15, 0.2) is 16.5 Å². The fourth-order valence-corrected chi connectivity index (χ4v) is 1.77. The third-order valence-electron chi connectivity index (χ3n) is 2.88. The maximum atomic E-state index is 12.2. The molecule has 6 nitrogen and oxygen atoms in total. The number of hydrogen-bond donors (Lipinski definition) is 2. The van der Waals surface area contributed by atoms with Gasteiger partial charge in [0.25, 0.3) is 0 Å². The number of urea groups is 1. The Bertz CT molecular complexity index is 488. The second kappa shape index (κ2) is 5.98. The van der Waals surface area contributed by atoms with Gasteiger partial charge in [0, 0.05) is 5.54 Å². The van der Waals surface area contributed by atoms with Crippen molar-refractivity contribution in [2.24, 2.45) is 0 Å². The highest BCUT2D eigenvalue weighted by Gasteiger charge is 2.29. The Kier molecular flexibility index (Phi) is 4.81. The van der Waals surface area contributed by atoms with Crippen LogP contribution in [0, 0.1) is 6.92 Å². The summed E-state index contributed by atoms with van der Waals surface area (Å²) in [7, 11) is 0. The van der Waals surface area contributed by atoms with E-state index < -0.39 is 17.5 Å². The van der Waals surface area contributed by atoms with E-state index in [9.17, 15) is 9.59 Å². The van der Waals surface area contributed by atoms with Gasteiger partial charge in [-0.3, -0.25) is 4.79 Å². The van der Waals surface area contributed by atoms with Gasteiger partial charge in [-0.2, -0.15) is 0 Å². The largest absolute Gasteiger partial charge is 0.480 e. The summed E-state index contributed by atoms with van der Waals surface area (Å²) in [5, 5.41) is 11.7. The van der Waals surface area contributed by atoms with Crippen molar-refractivity contribution in [3.63, 3.8) is 0 Å². The molecule has 0 aromatic carbocycles. The Morgan fingerprint density at radius 2 is 2.00 bits per heavy atom. The highest BCUT2D eigenvalue weighted by Crippen LogP contribution is 2.18. The highest BCUT2D eigenvalue weighted by atomic mass is 16.4. The average molecular weight is 282 g/mol. The van der Waals surface area contributed by atoms with E-state index in [1.54, 1.807) is 33.8 Å². The van der Waals surface area contributed by atoms with Crippen molar-refractivity contribution in [1.82, 2.24) is 10.2 Å². The second-order valence-corrected chi connectivity index (χ2v) is 5.77. The summed E-state index contributed by atoms with van der Waals surface area (Å²) in [6.45, 7) is 8.63. The summed E-state index contributed by atoms with van der Waals surface area (Å²) in [4.78, 5) is 24.4. The number of hydrogen-bond acceptors (Lipinski definition) is 3. The molecular weight excluding hydrogens is 260 g/mol. The molecule has 0 saturated carbocycles. The van der Waals surface area contributed by atoms with Crippen LogP contribution in [0.5, 0.6) is 0 Å². The zero-order valence-corrected chi connectivity index (χ0v) is 12.6. The number of furan rings is 1. The van der Waals surface area contributed by atoms with Crippen molar-refractivity contribution in [1.29, 1.82) is 0 Å². The molecule has 20 heavy (non-hydrogen) atoms. The molecule has 2 N–H and O–H groups in total. The zero-order chi connectivity index (χ0) is 15.5. The summed E-state index contributed by atoms with van der Waals surface area (Å²) < 4.78 is 5.44. The van der Waals surface area contributed by atoms with Gasteiger partial charge in [0.05, 0.1) is 6.04 Å². The molecule has 112 valence electrons. The molecule has 0 saturated heterocycles. The van der Waals surface area contributed by atoms with Gasteiger partial charge in [0.15, 0.2) is 0 Å². The first-order valence-corrected chi connectivity index (χ1v) is 6.47. The lowest BCUT2D eigenvalue weighted by Crippen LogP contribution is -2.52. The van der Waals surface area contributed by atoms with Gasteiger partial charge in [0.1, 0.15) is 18.1 Å². The number of carbonyl (C=O) groups excluding carboxylic acids is 1. The van der Waals surface area contributed by atoms with Crippen molar-refractivity contribution in [2.45, 2.75) is 46.2 Å². The van der Waals surface area contributed by atoms with Crippen LogP contribution >= 0.6 is 0 Å². The summed E-state index contributed by atoms with van der Waals surface area (Å²) in [5.74, 6) is 0.357. The van der Waals surface area contributed by atoms with E-state index in [-0.39, 0.29) is 12.6 Å². The Labute approximate surface area is 118 Å². The van der Waals surface area contributed by atoms with Crippen LogP contribution < -0.4 is 5.32 Å². The number of aliphatic carboxylic acids is 1. The van der Waals surface area contributed by atoms with Gasteiger partial charge < -0.3 is 19.7 Å². The first-order valence-electron chi connectivity index (χ1n) is 6.47. The molecule has 0 aliphatic carbocycles. The summed E-state index contributed by atoms with van der Waals surface area (Å²) in [6.07, 6.45) is 0. The van der Waals surface area contributed by atoms with Crippen molar-refractivity contribution in [3.8, 4) is 0 Å². The second-order valence-electron chi connectivity index (χ2n) is 5.77. The monoisotopic (exact) mass is 282 g/mol. The van der Waals surface area contributed by atoms with E-state index >= 15 is 0 Å². The maximum absolute atomic E-state index is 12.2. The van der Waals surface area contributed by atoms with E-state index in [0.717, 1.165) is 5.76 Å². The van der Waals surface area contributed by atoms with Gasteiger partial charge in [-0.1, -0.05) is 0 Å². The summed E-state index contributed by atoms with van der Waals surface area (Å²) in [5.41, 5.74) is -0.582. The topological polar surface area (TPSA) is 82.8 Å². The van der Waals surface area contributed by atoms with Gasteiger partial charge in [0.2, 0.25) is 0 Å². The Morgan fingerprint density at radius 3 is 2.40 bits per heavy atom. The van der Waals surface area contributed by atoms with Crippen LogP contribution in [-0.4, -0.2) is 34.1 Å². The number of nitrogens with zero attached hydrogens (tertiary/aromatic N) is 1. The summed E-state index contributed by atoms with van der Waals surface area (Å²) in [6, 6.07) is 2.85. The normalized spacial score (nSPS) is 12.8. The minimum atomic E-state index is -1.04. The average Bonchev–Trinajstić information content (AvgIpc) is 2.71. The predicted molar refractivity (Wildman–Crippen MR) is 74.5 cm³/mol. The van der Waals surface area contributed by atoms with E-state index in [1.807, 2.05) is 13.0 Å². The van der Waals surface area contributed by atoms with E-state index in [4.69, 9.17) is 9.52 Å². The third-order valence-corrected chi connectivity index (χ3v) is 2.88. The third kappa shape index (κ3) is 4.29. The Balaban J connectivity index is 2.78. The molecule has 1 aromatic rings. The fourth-order valence-electron chi connectivity index (χ4n) is 1.77. The van der Waals surface area contributed by atoms with Crippen molar-refractivity contribution < 1.29 is 19.1 Å². The van der Waals surface area contributed by atoms with Crippen LogP contribution in [0.4, 0.5) is 4.79 Å². The molecule has 0 spiro atoms. The first kappa shape index (κ1) is 16.1. The molecule has 0 fully saturated rings. The van der Waals surface area contributed by atoms with Crippen LogP contribution in [0.1, 0.15) is 45.3 Å². The van der Waals surface area contributed by atoms with Crippen LogP contribution in [0.3, 0.4) is 0 Å². The Hall–Kier alpha value is -1.98. The Morgan fingerprint density at radius 1 is 1.40 bits per heavy atom. The van der Waals surface area contributed by atoms with Crippen molar-refractivity contribution in [3.05, 3.63) is 23.7 Å². The van der Waals surface area contributed by atoms with Gasteiger partial charge in [-0.25, -0.2) is 4.79 Å². The van der Waals surface area contributed by atoms with Gasteiger partial charge in [-0.05, 0) is 46.8 Å². The molecule has 1 heterocycles. The lowest BCUT2D eigenvalue weighted by Gasteiger charge is -2.35. The lowest BCUT2D eigenvalue weighted by atomic mass is 10.1. The number of nitrogens with one attached hydrogen (secondary N) is 1. The van der Waals surface area contributed by atoms with Crippen LogP contribution in [-0.2, 0) is 4.79 Å². The molecule has 0 aliphatic heterocycles. The van der Waals surface area contributed by atoms with Gasteiger partial charge in [-0.15, -0.1) is 0 Å². The first-order chi connectivity index (χ1) is 9.11. The highest BCUT2D eigenvalue weighted by molar-refractivity contribution is 5.81. The number of rotatable bonds is 4. The van der Waals surface area contributed by atoms with E-state index in [0.29, 0.717) is 5.76 Å². The molecule has 1 rings (SSSR count). The molecule has 2 amide bonds. The quantitative estimate of drug-likeness (QED) is 0.889. The molecule has 0 aliphatic rings. The molecular formula is C14H22N2O4. The molecule has 0 radical (unpaired) electrons. The number of aryl methyl sites for hydroxylation is 1. The molecule has 1 unspecified atom stereocenters. The molecule has 1 aromatic heterocycles. The van der Waals surface area contributed by atoms with E-state index in [2.05, 4.69) is 5.32 Å². The minimum Gasteiger partial charge on any atom is -0.480 e. The molecule has 6 heteroatoms. The minimum absolute atomic E-state index is 0.324. The standard InChI is InChI=1S/C14H22N2O4/c1-9-6-7-11(20-9)10(2)15-13(19)16(8-12(17)18)14(3,4)5/h6-7,10H,8H2,1-5H3,(H,15,19)(H,17,18). The maximum Gasteiger partial charge on any atom is 0.323 e.